The van der Waals surface area contributed by atoms with E-state index in [4.69, 9.17) is 5.11 Å². The number of rotatable bonds is 7. The molecule has 2 nitrogen and oxygen atoms in total. The van der Waals surface area contributed by atoms with Gasteiger partial charge >= 0.3 is 5.97 Å². The van der Waals surface area contributed by atoms with E-state index >= 15 is 0 Å². The van der Waals surface area contributed by atoms with Gasteiger partial charge in [-0.1, -0.05) is 75.6 Å². The molecular formula is C16H24O2. The summed E-state index contributed by atoms with van der Waals surface area (Å²) >= 11 is 0. The van der Waals surface area contributed by atoms with E-state index in [9.17, 15) is 4.79 Å². The third-order valence-electron chi connectivity index (χ3n) is 2.53. The average Bonchev–Trinajstić information content (AvgIpc) is 2.40. The zero-order chi connectivity index (χ0) is 13.6. The van der Waals surface area contributed by atoms with E-state index in [-0.39, 0.29) is 0 Å². The van der Waals surface area contributed by atoms with Gasteiger partial charge in [-0.15, -0.1) is 0 Å². The highest BCUT2D eigenvalue weighted by atomic mass is 16.4. The van der Waals surface area contributed by atoms with Crippen LogP contribution in [0.1, 0.15) is 51.0 Å². The van der Waals surface area contributed by atoms with Crippen LogP contribution in [0.3, 0.4) is 0 Å². The van der Waals surface area contributed by atoms with Gasteiger partial charge in [0.05, 0.1) is 0 Å². The van der Waals surface area contributed by atoms with Crippen LogP contribution in [0.4, 0.5) is 0 Å². The molecule has 0 aliphatic carbocycles. The highest BCUT2D eigenvalue weighted by Gasteiger charge is 1.94. The first kappa shape index (κ1) is 16.4. The maximum Gasteiger partial charge on any atom is 0.303 e. The first-order valence-electron chi connectivity index (χ1n) is 6.60. The van der Waals surface area contributed by atoms with Crippen LogP contribution < -0.4 is 0 Å². The van der Waals surface area contributed by atoms with E-state index in [1.807, 2.05) is 36.4 Å². The van der Waals surface area contributed by atoms with Crippen LogP contribution in [-0.4, -0.2) is 11.1 Å². The summed E-state index contributed by atoms with van der Waals surface area (Å²) in [6.07, 6.45) is 7.72. The van der Waals surface area contributed by atoms with Crippen molar-refractivity contribution in [3.05, 3.63) is 42.5 Å². The van der Waals surface area contributed by atoms with E-state index in [0.29, 0.717) is 6.42 Å². The molecule has 0 amide bonds. The maximum absolute atomic E-state index is 10.0. The normalized spacial score (nSPS) is 9.17. The Kier molecular flexibility index (Phi) is 10.9. The lowest BCUT2D eigenvalue weighted by molar-refractivity contribution is -0.137. The van der Waals surface area contributed by atoms with Crippen LogP contribution in [0, 0.1) is 0 Å². The van der Waals surface area contributed by atoms with Gasteiger partial charge in [-0.05, 0) is 12.0 Å². The molecule has 0 saturated carbocycles. The highest BCUT2D eigenvalue weighted by Crippen LogP contribution is 2.04. The lowest BCUT2D eigenvalue weighted by Gasteiger charge is -1.95. The summed E-state index contributed by atoms with van der Waals surface area (Å²) in [4.78, 5) is 10.0. The van der Waals surface area contributed by atoms with Crippen molar-refractivity contribution in [1.29, 1.82) is 0 Å². The minimum Gasteiger partial charge on any atom is -0.481 e. The molecule has 0 heterocycles. The number of unbranched alkanes of at least 4 members (excludes halogenated alkanes) is 4. The number of benzene rings is 1. The summed E-state index contributed by atoms with van der Waals surface area (Å²) in [6.45, 7) is 5.78. The van der Waals surface area contributed by atoms with Gasteiger partial charge < -0.3 is 5.11 Å². The molecule has 1 aromatic rings. The maximum atomic E-state index is 10.0. The summed E-state index contributed by atoms with van der Waals surface area (Å²) in [5, 5.41) is 8.27. The van der Waals surface area contributed by atoms with Gasteiger partial charge in [0, 0.05) is 6.42 Å². The van der Waals surface area contributed by atoms with Crippen LogP contribution >= 0.6 is 0 Å². The van der Waals surface area contributed by atoms with Crippen molar-refractivity contribution in [3.8, 4) is 0 Å². The van der Waals surface area contributed by atoms with Crippen molar-refractivity contribution < 1.29 is 9.90 Å². The molecule has 0 atom stereocenters. The molecule has 0 radical (unpaired) electrons. The minimum absolute atomic E-state index is 0.337. The first-order chi connectivity index (χ1) is 8.70. The lowest BCUT2D eigenvalue weighted by Crippen LogP contribution is -1.93. The van der Waals surface area contributed by atoms with Crippen molar-refractivity contribution in [1.82, 2.24) is 0 Å². The van der Waals surface area contributed by atoms with Crippen molar-refractivity contribution >= 4 is 12.0 Å². The molecule has 1 rings (SSSR count). The van der Waals surface area contributed by atoms with Crippen LogP contribution in [0.2, 0.25) is 0 Å². The average molecular weight is 248 g/mol. The highest BCUT2D eigenvalue weighted by molar-refractivity contribution is 5.66. The third kappa shape index (κ3) is 10.9. The van der Waals surface area contributed by atoms with Crippen LogP contribution in [0.5, 0.6) is 0 Å². The number of carboxylic acid groups (broad SMARTS) is 1. The third-order valence-corrected chi connectivity index (χ3v) is 2.53. The van der Waals surface area contributed by atoms with Crippen LogP contribution in [-0.2, 0) is 4.79 Å². The molecule has 1 N–H and O–H groups in total. The minimum atomic E-state index is -0.670. The fourth-order valence-electron chi connectivity index (χ4n) is 1.47. The quantitative estimate of drug-likeness (QED) is 0.706. The van der Waals surface area contributed by atoms with Crippen molar-refractivity contribution in [2.45, 2.75) is 45.4 Å². The smallest absolute Gasteiger partial charge is 0.303 e. The molecule has 0 bridgehead atoms. The molecule has 0 spiro atoms. The summed E-state index contributed by atoms with van der Waals surface area (Å²) in [7, 11) is 0. The van der Waals surface area contributed by atoms with Gasteiger partial charge in [0.15, 0.2) is 0 Å². The number of hydrogen-bond acceptors (Lipinski definition) is 1. The van der Waals surface area contributed by atoms with Crippen LogP contribution in [0.15, 0.2) is 36.9 Å². The summed E-state index contributed by atoms with van der Waals surface area (Å²) < 4.78 is 0. The monoisotopic (exact) mass is 248 g/mol. The molecule has 0 aromatic heterocycles. The van der Waals surface area contributed by atoms with Gasteiger partial charge in [-0.25, -0.2) is 0 Å². The Morgan fingerprint density at radius 3 is 2.22 bits per heavy atom. The van der Waals surface area contributed by atoms with E-state index in [1.165, 1.54) is 24.8 Å². The summed E-state index contributed by atoms with van der Waals surface area (Å²) in [5.41, 5.74) is 1.17. The number of hydrogen-bond donors (Lipinski definition) is 1. The molecule has 0 saturated heterocycles. The largest absolute Gasteiger partial charge is 0.481 e. The molecule has 18 heavy (non-hydrogen) atoms. The SMILES string of the molecule is C=Cc1ccccc1.CCCCCCCC(=O)O. The second kappa shape index (κ2) is 11.9. The lowest BCUT2D eigenvalue weighted by atomic mass is 10.1. The second-order valence-corrected chi connectivity index (χ2v) is 4.17. The van der Waals surface area contributed by atoms with E-state index in [0.717, 1.165) is 12.8 Å². The molecule has 2 heteroatoms. The molecular weight excluding hydrogens is 224 g/mol. The molecule has 1 aromatic carbocycles. The summed E-state index contributed by atoms with van der Waals surface area (Å²) in [5.74, 6) is -0.670. The molecule has 0 unspecified atom stereocenters. The van der Waals surface area contributed by atoms with Crippen molar-refractivity contribution in [2.24, 2.45) is 0 Å². The van der Waals surface area contributed by atoms with Gasteiger partial charge in [0.2, 0.25) is 0 Å². The Bertz CT molecular complexity index is 317. The predicted octanol–water partition coefficient (Wildman–Crippen LogP) is 4.76. The first-order valence-corrected chi connectivity index (χ1v) is 6.60. The fraction of sp³-hybridized carbons (Fsp3) is 0.438. The molecule has 0 aliphatic heterocycles. The predicted molar refractivity (Wildman–Crippen MR) is 77.5 cm³/mol. The van der Waals surface area contributed by atoms with Gasteiger partial charge in [-0.2, -0.15) is 0 Å². The zero-order valence-electron chi connectivity index (χ0n) is 11.3. The van der Waals surface area contributed by atoms with Crippen molar-refractivity contribution in [2.75, 3.05) is 0 Å². The Morgan fingerprint density at radius 1 is 1.17 bits per heavy atom. The Labute approximate surface area is 110 Å². The van der Waals surface area contributed by atoms with E-state index in [2.05, 4.69) is 13.5 Å². The second-order valence-electron chi connectivity index (χ2n) is 4.17. The molecule has 0 fully saturated rings. The van der Waals surface area contributed by atoms with E-state index < -0.39 is 5.97 Å². The number of carboxylic acids is 1. The number of aliphatic carboxylic acids is 1. The van der Waals surface area contributed by atoms with Gasteiger partial charge in [-0.3, -0.25) is 4.79 Å². The Balaban J connectivity index is 0.000000327. The molecule has 100 valence electrons. The van der Waals surface area contributed by atoms with Crippen molar-refractivity contribution in [3.63, 3.8) is 0 Å². The van der Waals surface area contributed by atoms with Gasteiger partial charge in [0.1, 0.15) is 0 Å². The molecule has 0 aliphatic rings. The van der Waals surface area contributed by atoms with Crippen LogP contribution in [0.25, 0.3) is 6.08 Å². The standard InChI is InChI=1S/C8H16O2.C8H8/c1-2-3-4-5-6-7-8(9)10;1-2-8-6-4-3-5-7-8/h2-7H2,1H3,(H,9,10);2-7H,1H2. The summed E-state index contributed by atoms with van der Waals surface area (Å²) in [6, 6.07) is 10.0. The zero-order valence-corrected chi connectivity index (χ0v) is 11.3. The Hall–Kier alpha value is -1.57. The topological polar surface area (TPSA) is 37.3 Å². The fourth-order valence-corrected chi connectivity index (χ4v) is 1.47. The van der Waals surface area contributed by atoms with Gasteiger partial charge in [0.25, 0.3) is 0 Å². The van der Waals surface area contributed by atoms with E-state index in [1.54, 1.807) is 0 Å². The Morgan fingerprint density at radius 2 is 1.78 bits per heavy atom. The number of carbonyl (C=O) groups is 1.